The number of rotatable bonds is 7. The van der Waals surface area contributed by atoms with Crippen molar-refractivity contribution < 1.29 is 13.9 Å². The largest absolute Gasteiger partial charge is 0.484 e. The maximum atomic E-state index is 12.4. The van der Waals surface area contributed by atoms with Crippen molar-refractivity contribution in [1.29, 1.82) is 0 Å². The molecule has 0 saturated carbocycles. The smallest absolute Gasteiger partial charge is 0.262 e. The van der Waals surface area contributed by atoms with Crippen molar-refractivity contribution in [1.82, 2.24) is 4.98 Å². The second-order valence-corrected chi connectivity index (χ2v) is 7.79. The molecule has 4 aromatic rings. The van der Waals surface area contributed by atoms with Gasteiger partial charge in [0.2, 0.25) is 5.89 Å². The van der Waals surface area contributed by atoms with E-state index in [2.05, 4.69) is 24.1 Å². The maximum Gasteiger partial charge on any atom is 0.262 e. The minimum Gasteiger partial charge on any atom is -0.484 e. The number of anilines is 1. The molecule has 0 saturated heterocycles. The molecular formula is C26H26N2O3. The summed E-state index contributed by atoms with van der Waals surface area (Å²) in [5, 5.41) is 2.87. The van der Waals surface area contributed by atoms with Gasteiger partial charge in [-0.1, -0.05) is 38.1 Å². The number of fused-ring (bicyclic) bond motifs is 1. The second-order valence-electron chi connectivity index (χ2n) is 7.79. The second kappa shape index (κ2) is 9.04. The summed E-state index contributed by atoms with van der Waals surface area (Å²) in [4.78, 5) is 16.9. The van der Waals surface area contributed by atoms with E-state index in [0.29, 0.717) is 23.2 Å². The first-order chi connectivity index (χ1) is 15.0. The van der Waals surface area contributed by atoms with Crippen LogP contribution in [0.4, 0.5) is 5.69 Å². The third kappa shape index (κ3) is 4.94. The predicted octanol–water partition coefficient (Wildman–Crippen LogP) is 6.33. The molecule has 1 unspecified atom stereocenters. The Morgan fingerprint density at radius 3 is 2.68 bits per heavy atom. The molecule has 0 fully saturated rings. The quantitative estimate of drug-likeness (QED) is 0.383. The van der Waals surface area contributed by atoms with Gasteiger partial charge < -0.3 is 14.5 Å². The van der Waals surface area contributed by atoms with Gasteiger partial charge in [-0.3, -0.25) is 4.79 Å². The first-order valence-electron chi connectivity index (χ1n) is 10.5. The van der Waals surface area contributed by atoms with Gasteiger partial charge in [-0.25, -0.2) is 4.98 Å². The minimum atomic E-state index is -0.226. The number of carbonyl (C=O) groups excluding carboxylic acids is 1. The fourth-order valence-electron chi connectivity index (χ4n) is 3.37. The number of hydrogen-bond acceptors (Lipinski definition) is 4. The van der Waals surface area contributed by atoms with Crippen LogP contribution in [0.1, 0.15) is 37.3 Å². The number of aryl methyl sites for hydroxylation is 1. The minimum absolute atomic E-state index is 0.0604. The molecule has 0 spiro atoms. The zero-order valence-electron chi connectivity index (χ0n) is 18.0. The van der Waals surface area contributed by atoms with E-state index < -0.39 is 0 Å². The van der Waals surface area contributed by atoms with Gasteiger partial charge >= 0.3 is 0 Å². The zero-order valence-corrected chi connectivity index (χ0v) is 18.0. The number of aromatic nitrogens is 1. The van der Waals surface area contributed by atoms with Gasteiger partial charge in [-0.15, -0.1) is 0 Å². The van der Waals surface area contributed by atoms with E-state index in [9.17, 15) is 4.79 Å². The van der Waals surface area contributed by atoms with Gasteiger partial charge in [0.1, 0.15) is 11.3 Å². The van der Waals surface area contributed by atoms with Gasteiger partial charge in [-0.05, 0) is 72.9 Å². The Balaban J connectivity index is 1.39. The van der Waals surface area contributed by atoms with E-state index in [1.54, 1.807) is 0 Å². The molecule has 1 atom stereocenters. The fourth-order valence-corrected chi connectivity index (χ4v) is 3.37. The predicted molar refractivity (Wildman–Crippen MR) is 123 cm³/mol. The summed E-state index contributed by atoms with van der Waals surface area (Å²) < 4.78 is 11.5. The molecule has 31 heavy (non-hydrogen) atoms. The van der Waals surface area contributed by atoms with E-state index in [4.69, 9.17) is 9.15 Å². The monoisotopic (exact) mass is 414 g/mol. The average Bonchev–Trinajstić information content (AvgIpc) is 3.21. The maximum absolute atomic E-state index is 12.4. The lowest BCUT2D eigenvalue weighted by Gasteiger charge is -2.11. The Morgan fingerprint density at radius 2 is 1.90 bits per heavy atom. The summed E-state index contributed by atoms with van der Waals surface area (Å²) in [6, 6.07) is 21.2. The Kier molecular flexibility index (Phi) is 6.03. The molecule has 1 aromatic heterocycles. The van der Waals surface area contributed by atoms with Crippen molar-refractivity contribution in [3.8, 4) is 17.2 Å². The SMILES string of the molecule is CCC(C)c1ccc(OCC(=O)Nc2cccc(-c3nc4cc(C)ccc4o3)c2)cc1. The highest BCUT2D eigenvalue weighted by molar-refractivity contribution is 5.92. The number of hydrogen-bond donors (Lipinski definition) is 1. The highest BCUT2D eigenvalue weighted by Gasteiger charge is 2.11. The fraction of sp³-hybridized carbons (Fsp3) is 0.231. The van der Waals surface area contributed by atoms with Crippen LogP contribution in [0.3, 0.4) is 0 Å². The van der Waals surface area contributed by atoms with E-state index in [1.807, 2.05) is 73.7 Å². The molecule has 0 radical (unpaired) electrons. The number of amides is 1. The first-order valence-corrected chi connectivity index (χ1v) is 10.5. The van der Waals surface area contributed by atoms with Crippen LogP contribution in [0.2, 0.25) is 0 Å². The zero-order chi connectivity index (χ0) is 21.8. The molecule has 0 aliphatic carbocycles. The summed E-state index contributed by atoms with van der Waals surface area (Å²) in [6.07, 6.45) is 1.09. The molecule has 0 aliphatic rings. The molecule has 0 aliphatic heterocycles. The molecule has 3 aromatic carbocycles. The summed E-state index contributed by atoms with van der Waals surface area (Å²) >= 11 is 0. The van der Waals surface area contributed by atoms with Crippen molar-refractivity contribution in [3.05, 3.63) is 77.9 Å². The number of ether oxygens (including phenoxy) is 1. The Morgan fingerprint density at radius 1 is 1.10 bits per heavy atom. The molecule has 4 rings (SSSR count). The number of nitrogens with one attached hydrogen (secondary N) is 1. The number of nitrogens with zero attached hydrogens (tertiary/aromatic N) is 1. The molecule has 1 N–H and O–H groups in total. The summed E-state index contributed by atoms with van der Waals surface area (Å²) in [7, 11) is 0. The normalized spacial score (nSPS) is 12.0. The molecule has 1 heterocycles. The standard InChI is InChI=1S/C26H26N2O3/c1-4-18(3)19-9-11-22(12-10-19)30-16-25(29)27-21-7-5-6-20(15-21)26-28-23-14-17(2)8-13-24(23)31-26/h5-15,18H,4,16H2,1-3H3,(H,27,29). The van der Waals surface area contributed by atoms with Crippen LogP contribution in [0, 0.1) is 6.92 Å². The van der Waals surface area contributed by atoms with Crippen molar-refractivity contribution in [2.45, 2.75) is 33.1 Å². The van der Waals surface area contributed by atoms with Crippen LogP contribution >= 0.6 is 0 Å². The number of carbonyl (C=O) groups is 1. The lowest BCUT2D eigenvalue weighted by Crippen LogP contribution is -2.20. The molecule has 158 valence electrons. The van der Waals surface area contributed by atoms with Gasteiger partial charge in [0.25, 0.3) is 5.91 Å². The average molecular weight is 415 g/mol. The molecule has 1 amide bonds. The van der Waals surface area contributed by atoms with Gasteiger partial charge in [-0.2, -0.15) is 0 Å². The third-order valence-corrected chi connectivity index (χ3v) is 5.37. The van der Waals surface area contributed by atoms with E-state index in [-0.39, 0.29) is 12.5 Å². The first kappa shape index (κ1) is 20.7. The molecule has 5 nitrogen and oxygen atoms in total. The summed E-state index contributed by atoms with van der Waals surface area (Å²) in [5.41, 5.74) is 5.41. The summed E-state index contributed by atoms with van der Waals surface area (Å²) in [5.74, 6) is 1.48. The van der Waals surface area contributed by atoms with E-state index in [1.165, 1.54) is 5.56 Å². The van der Waals surface area contributed by atoms with Crippen molar-refractivity contribution in [2.75, 3.05) is 11.9 Å². The van der Waals surface area contributed by atoms with Crippen LogP contribution < -0.4 is 10.1 Å². The molecule has 0 bridgehead atoms. The molecular weight excluding hydrogens is 388 g/mol. The highest BCUT2D eigenvalue weighted by atomic mass is 16.5. The number of oxazole rings is 1. The Bertz CT molecular complexity index is 1190. The molecule has 5 heteroatoms. The van der Waals surface area contributed by atoms with Crippen LogP contribution in [-0.4, -0.2) is 17.5 Å². The van der Waals surface area contributed by atoms with E-state index in [0.717, 1.165) is 28.6 Å². The Labute approximate surface area is 182 Å². The third-order valence-electron chi connectivity index (χ3n) is 5.37. The lowest BCUT2D eigenvalue weighted by atomic mass is 9.99. The lowest BCUT2D eigenvalue weighted by molar-refractivity contribution is -0.118. The highest BCUT2D eigenvalue weighted by Crippen LogP contribution is 2.27. The van der Waals surface area contributed by atoms with Crippen LogP contribution in [0.25, 0.3) is 22.6 Å². The van der Waals surface area contributed by atoms with Crippen LogP contribution in [-0.2, 0) is 4.79 Å². The number of benzene rings is 3. The topological polar surface area (TPSA) is 64.4 Å². The van der Waals surface area contributed by atoms with Crippen molar-refractivity contribution in [3.63, 3.8) is 0 Å². The van der Waals surface area contributed by atoms with Gasteiger partial charge in [0.05, 0.1) is 0 Å². The van der Waals surface area contributed by atoms with Crippen molar-refractivity contribution in [2.24, 2.45) is 0 Å². The Hall–Kier alpha value is -3.60. The summed E-state index contributed by atoms with van der Waals surface area (Å²) in [6.45, 7) is 6.32. The van der Waals surface area contributed by atoms with Crippen molar-refractivity contribution >= 4 is 22.7 Å². The van der Waals surface area contributed by atoms with Crippen LogP contribution in [0.15, 0.2) is 71.1 Å². The van der Waals surface area contributed by atoms with Gasteiger partial charge in [0, 0.05) is 11.3 Å². The van der Waals surface area contributed by atoms with Crippen LogP contribution in [0.5, 0.6) is 5.75 Å². The van der Waals surface area contributed by atoms with E-state index >= 15 is 0 Å². The van der Waals surface area contributed by atoms with Gasteiger partial charge in [0.15, 0.2) is 12.2 Å².